The van der Waals surface area contributed by atoms with E-state index in [-0.39, 0.29) is 23.2 Å². The number of aliphatic imine (C=N–C) groups is 1. The fourth-order valence-electron chi connectivity index (χ4n) is 5.64. The molecular formula is C29H39N9O10S2. The Balaban J connectivity index is 1.31. The number of carbonyl (C=O) groups excluding carboxylic acids is 2. The van der Waals surface area contributed by atoms with Gasteiger partial charge in [0.1, 0.15) is 17.5 Å². The molecule has 1 saturated heterocycles. The molecule has 9 N–H and O–H groups in total. The van der Waals surface area contributed by atoms with Gasteiger partial charge in [-0.25, -0.2) is 9.78 Å². The number of ether oxygens (including phenoxy) is 1. The lowest BCUT2D eigenvalue weighted by molar-refractivity contribution is -0.218. The number of nitrogen functional groups attached to an aromatic ring is 1. The summed E-state index contributed by atoms with van der Waals surface area (Å²) in [5.74, 6) is -2.06. The second-order valence-corrected chi connectivity index (χ2v) is 14.5. The molecule has 50 heavy (non-hydrogen) atoms. The summed E-state index contributed by atoms with van der Waals surface area (Å²) >= 11 is 0.972. The van der Waals surface area contributed by atoms with Crippen LogP contribution in [0.4, 0.5) is 5.13 Å². The van der Waals surface area contributed by atoms with E-state index in [2.05, 4.69) is 35.4 Å². The monoisotopic (exact) mass is 737 g/mol. The fraction of sp³-hybridized carbons (Fsp3) is 0.517. The molecule has 0 aliphatic carbocycles. The number of aryl methyl sites for hydroxylation is 1. The topological polar surface area (TPSA) is 282 Å². The molecular weight excluding hydrogens is 699 g/mol. The summed E-state index contributed by atoms with van der Waals surface area (Å²) in [6.07, 6.45) is 0.514. The summed E-state index contributed by atoms with van der Waals surface area (Å²) in [7, 11) is -5.03. The number of rotatable bonds is 13. The van der Waals surface area contributed by atoms with E-state index in [1.54, 1.807) is 6.07 Å². The Morgan fingerprint density at radius 2 is 2.10 bits per heavy atom. The minimum absolute atomic E-state index is 0.0660. The first-order chi connectivity index (χ1) is 23.5. The predicted molar refractivity (Wildman–Crippen MR) is 180 cm³/mol. The number of carboxylic acids is 1. The van der Waals surface area contributed by atoms with Gasteiger partial charge in [-0.3, -0.25) is 19.1 Å². The molecule has 1 aromatic carbocycles. The van der Waals surface area contributed by atoms with Gasteiger partial charge in [-0.15, -0.1) is 15.6 Å². The van der Waals surface area contributed by atoms with Crippen molar-refractivity contribution < 1.29 is 46.3 Å². The second-order valence-electron chi connectivity index (χ2n) is 12.6. The van der Waals surface area contributed by atoms with Crippen molar-refractivity contribution in [1.82, 2.24) is 26.0 Å². The third kappa shape index (κ3) is 7.75. The van der Waals surface area contributed by atoms with Crippen LogP contribution >= 0.6 is 11.3 Å². The van der Waals surface area contributed by atoms with Crippen molar-refractivity contribution in [3.63, 3.8) is 0 Å². The van der Waals surface area contributed by atoms with E-state index >= 15 is 0 Å². The molecule has 0 bridgehead atoms. The normalized spacial score (nSPS) is 22.9. The van der Waals surface area contributed by atoms with Gasteiger partial charge in [0.15, 0.2) is 22.9 Å². The van der Waals surface area contributed by atoms with Crippen molar-refractivity contribution in [2.24, 2.45) is 15.9 Å². The van der Waals surface area contributed by atoms with Crippen LogP contribution in [0.3, 0.4) is 0 Å². The number of hydroxylamine groups is 2. The van der Waals surface area contributed by atoms with Crippen molar-refractivity contribution in [3.8, 4) is 5.75 Å². The fourth-order valence-corrected chi connectivity index (χ4v) is 6.64. The van der Waals surface area contributed by atoms with Crippen molar-refractivity contribution in [2.45, 2.75) is 69.2 Å². The van der Waals surface area contributed by atoms with E-state index < -0.39 is 57.2 Å². The maximum absolute atomic E-state index is 13.5. The highest BCUT2D eigenvalue weighted by Gasteiger charge is 2.58. The van der Waals surface area contributed by atoms with Crippen LogP contribution < -0.4 is 32.2 Å². The summed E-state index contributed by atoms with van der Waals surface area (Å²) in [4.78, 5) is 53.0. The highest BCUT2D eigenvalue weighted by molar-refractivity contribution is 7.80. The van der Waals surface area contributed by atoms with Gasteiger partial charge in [0.25, 0.3) is 17.4 Å². The summed E-state index contributed by atoms with van der Waals surface area (Å²) in [5.41, 5.74) is 9.16. The van der Waals surface area contributed by atoms with Crippen LogP contribution in [0, 0.1) is 0 Å². The lowest BCUT2D eigenvalue weighted by atomic mass is 9.84. The van der Waals surface area contributed by atoms with Crippen molar-refractivity contribution in [1.29, 1.82) is 0 Å². The molecule has 0 saturated carbocycles. The molecule has 21 heteroatoms. The molecule has 2 amide bonds. The van der Waals surface area contributed by atoms with E-state index in [1.807, 2.05) is 12.1 Å². The number of nitrogens with two attached hydrogens (primary N) is 2. The molecule has 1 aromatic heterocycles. The number of amides is 2. The first-order valence-electron chi connectivity index (χ1n) is 15.6. The minimum atomic E-state index is -5.03. The zero-order chi connectivity index (χ0) is 36.4. The summed E-state index contributed by atoms with van der Waals surface area (Å²) in [6.45, 7) is 6.62. The molecule has 19 nitrogen and oxygen atoms in total. The number of hydrogen-bond donors (Lipinski definition) is 7. The maximum atomic E-state index is 13.5. The van der Waals surface area contributed by atoms with Crippen molar-refractivity contribution in [2.75, 3.05) is 31.9 Å². The quantitative estimate of drug-likeness (QED) is 0.0449. The van der Waals surface area contributed by atoms with Crippen LogP contribution in [-0.2, 0) is 40.3 Å². The smallest absolute Gasteiger partial charge is 0.418 e. The Bertz CT molecular complexity index is 1820. The van der Waals surface area contributed by atoms with Gasteiger partial charge in [0.2, 0.25) is 0 Å². The second kappa shape index (κ2) is 14.3. The summed E-state index contributed by atoms with van der Waals surface area (Å²) in [5, 5.41) is 25.0. The summed E-state index contributed by atoms with van der Waals surface area (Å²) < 4.78 is 41.8. The SMILES string of the molecule is CC1(C)[C@H](NC(=O)/C(=N\O[C@](C)(C(=O)O)[C@H]2CCc3cc(C4CN=C(NCCCN)NC4)ccc3O2)c2csc(N)n2)C(=O)N1OS(=O)(=O)O. The third-order valence-electron chi connectivity index (χ3n) is 8.63. The molecule has 4 atom stereocenters. The number of anilines is 1. The van der Waals surface area contributed by atoms with Crippen LogP contribution in [0.5, 0.6) is 5.75 Å². The molecule has 0 spiro atoms. The first kappa shape index (κ1) is 36.7. The van der Waals surface area contributed by atoms with Crippen LogP contribution in [0.1, 0.15) is 56.4 Å². The van der Waals surface area contributed by atoms with E-state index in [4.69, 9.17) is 25.6 Å². The number of aromatic nitrogens is 1. The molecule has 5 rings (SSSR count). The number of carboxylic acid groups (broad SMARTS) is 1. The average Bonchev–Trinajstić information content (AvgIpc) is 3.50. The Hall–Kier alpha value is -4.57. The minimum Gasteiger partial charge on any atom is -0.485 e. The van der Waals surface area contributed by atoms with Gasteiger partial charge in [0.05, 0.1) is 12.1 Å². The molecule has 3 aliphatic rings. The number of hydrogen-bond acceptors (Lipinski definition) is 16. The largest absolute Gasteiger partial charge is 0.485 e. The summed E-state index contributed by atoms with van der Waals surface area (Å²) in [6, 6.07) is 4.39. The van der Waals surface area contributed by atoms with Gasteiger partial charge in [0, 0.05) is 24.4 Å². The molecule has 272 valence electrons. The predicted octanol–water partition coefficient (Wildman–Crippen LogP) is -0.496. The standard InChI is InChI=1S/C29H39N9O10S2/c1-28(2)22(24(40)38(28)48-50(43,44)45)36-23(39)21(18-14-49-26(31)35-18)37-47-29(3,25(41)42)20-8-6-16-11-15(5-7-19(16)46-20)17-12-33-27(34-13-17)32-10-4-9-30/h5,7,11,14,17,20,22H,4,6,8-10,12-13,30H2,1-3H3,(H2,31,35)(H,36,39)(H,41,42)(H2,32,33,34)(H,43,44,45)/b37-21-/t20-,22-,29+/m1/s1. The molecule has 2 aromatic rings. The molecule has 1 unspecified atom stereocenters. The van der Waals surface area contributed by atoms with Crippen molar-refractivity contribution in [3.05, 3.63) is 40.4 Å². The van der Waals surface area contributed by atoms with Gasteiger partial charge < -0.3 is 42.1 Å². The van der Waals surface area contributed by atoms with E-state index in [9.17, 15) is 27.9 Å². The number of fused-ring (bicyclic) bond motifs is 1. The first-order valence-corrected chi connectivity index (χ1v) is 17.8. The van der Waals surface area contributed by atoms with Gasteiger partial charge in [-0.05, 0) is 63.8 Å². The van der Waals surface area contributed by atoms with E-state index in [0.29, 0.717) is 36.9 Å². The zero-order valence-corrected chi connectivity index (χ0v) is 29.0. The van der Waals surface area contributed by atoms with Crippen LogP contribution in [-0.4, -0.2) is 107 Å². The van der Waals surface area contributed by atoms with Crippen LogP contribution in [0.15, 0.2) is 33.7 Å². The number of guanidine groups is 1. The number of carbonyl (C=O) groups is 3. The Morgan fingerprint density at radius 1 is 1.34 bits per heavy atom. The molecule has 0 radical (unpaired) electrons. The zero-order valence-electron chi connectivity index (χ0n) is 27.4. The lowest BCUT2D eigenvalue weighted by Gasteiger charge is -2.50. The highest BCUT2D eigenvalue weighted by Crippen LogP contribution is 2.36. The number of nitrogens with zero attached hydrogens (tertiary/aromatic N) is 4. The Labute approximate surface area is 291 Å². The molecule has 3 aliphatic heterocycles. The number of nitrogens with one attached hydrogen (secondary N) is 3. The number of oxime groups is 1. The number of thiazole rings is 1. The van der Waals surface area contributed by atoms with Gasteiger partial charge >= 0.3 is 16.4 Å². The Kier molecular flexibility index (Phi) is 10.5. The average molecular weight is 738 g/mol. The van der Waals surface area contributed by atoms with Gasteiger partial charge in [-0.2, -0.15) is 13.5 Å². The number of benzene rings is 1. The number of aliphatic carboxylic acids is 1. The van der Waals surface area contributed by atoms with Crippen LogP contribution in [0.25, 0.3) is 0 Å². The molecule has 1 fully saturated rings. The highest BCUT2D eigenvalue weighted by atomic mass is 32.3. The van der Waals surface area contributed by atoms with E-state index in [1.165, 1.54) is 26.2 Å². The van der Waals surface area contributed by atoms with E-state index in [0.717, 1.165) is 41.4 Å². The maximum Gasteiger partial charge on any atom is 0.418 e. The van der Waals surface area contributed by atoms with Gasteiger partial charge in [-0.1, -0.05) is 17.3 Å². The molecule has 4 heterocycles. The number of β-lactam (4-membered cyclic amide) rings is 1. The Morgan fingerprint density at radius 3 is 2.70 bits per heavy atom. The van der Waals surface area contributed by atoms with Crippen LogP contribution in [0.2, 0.25) is 0 Å². The third-order valence-corrected chi connectivity index (χ3v) is 9.64. The van der Waals surface area contributed by atoms with Crippen molar-refractivity contribution >= 4 is 56.3 Å². The lowest BCUT2D eigenvalue weighted by Crippen LogP contribution is -2.76.